The van der Waals surface area contributed by atoms with E-state index in [4.69, 9.17) is 61.8 Å². The van der Waals surface area contributed by atoms with Crippen molar-refractivity contribution in [3.05, 3.63) is 66.4 Å². The quantitative estimate of drug-likeness (QED) is 0.134. The molecule has 0 aliphatic rings. The van der Waals surface area contributed by atoms with Crippen LogP contribution >= 0.6 is 53.0 Å². The van der Waals surface area contributed by atoms with Crippen molar-refractivity contribution in [3.8, 4) is 22.6 Å². The summed E-state index contributed by atoms with van der Waals surface area (Å²) in [6.07, 6.45) is 1.64. The van der Waals surface area contributed by atoms with Gasteiger partial charge in [0.05, 0.1) is 14.1 Å². The Bertz CT molecular complexity index is 982. The van der Waals surface area contributed by atoms with E-state index < -0.39 is 9.14 Å². The van der Waals surface area contributed by atoms with Crippen molar-refractivity contribution in [2.24, 2.45) is 4.99 Å². The monoisotopic (exact) mass is 624 g/mol. The molecule has 0 spiro atoms. The average Bonchev–Trinajstić information content (AvgIpc) is 3.03. The van der Waals surface area contributed by atoms with E-state index in [9.17, 15) is 0 Å². The van der Waals surface area contributed by atoms with Gasteiger partial charge in [-0.05, 0) is 0 Å². The van der Waals surface area contributed by atoms with Gasteiger partial charge in [-0.3, -0.25) is 4.58 Å². The van der Waals surface area contributed by atoms with Gasteiger partial charge in [0.15, 0.2) is 11.5 Å². The van der Waals surface area contributed by atoms with E-state index in [1.54, 1.807) is 6.34 Å². The summed E-state index contributed by atoms with van der Waals surface area (Å²) in [6, 6.07) is 19.8. The Balaban J connectivity index is 0.000000370. The van der Waals surface area contributed by atoms with Crippen molar-refractivity contribution < 1.29 is 13.4 Å². The third-order valence-corrected chi connectivity index (χ3v) is 3.05. The minimum absolute atomic E-state index is 0.228. The summed E-state index contributed by atoms with van der Waals surface area (Å²) in [4.78, 5) is 4.21. The zero-order valence-electron chi connectivity index (χ0n) is 15.3. The third-order valence-electron chi connectivity index (χ3n) is 3.05. The molecule has 0 aliphatic heterocycles. The second-order valence-electron chi connectivity index (χ2n) is 6.03. The number of hydrogen-bond acceptors (Lipinski definition) is 2. The summed E-state index contributed by atoms with van der Waals surface area (Å²) < 4.78 is 13.5. The molecule has 0 amide bonds. The zero-order valence-corrected chi connectivity index (χ0v) is 22.4. The first-order valence-corrected chi connectivity index (χ1v) is 27.4. The predicted octanol–water partition coefficient (Wildman–Crippen LogP) is 7.16. The van der Waals surface area contributed by atoms with E-state index in [2.05, 4.69) is 4.99 Å². The molecule has 11 heteroatoms. The number of hydrogen-bond donors (Lipinski definition) is 0. The summed E-state index contributed by atoms with van der Waals surface area (Å²) in [5.41, 5.74) is 1.91. The van der Waals surface area contributed by atoms with Crippen molar-refractivity contribution in [1.29, 1.82) is 0 Å². The molecule has 2 aromatic carbocycles. The molecule has 4 nitrogen and oxygen atoms in total. The summed E-state index contributed by atoms with van der Waals surface area (Å²) in [5.74, 6) is 1.59. The number of benzene rings is 2. The van der Waals surface area contributed by atoms with Gasteiger partial charge in [-0.2, -0.15) is 0 Å². The molecule has 1 aromatic heterocycles. The fourth-order valence-corrected chi connectivity index (χ4v) is 2.06. The van der Waals surface area contributed by atoms with Crippen LogP contribution in [-0.2, 0) is 0 Å². The molecule has 0 saturated carbocycles. The summed E-state index contributed by atoms with van der Waals surface area (Å²) in [6.45, 7) is 0. The van der Waals surface area contributed by atoms with Crippen LogP contribution in [-0.4, -0.2) is 34.1 Å². The van der Waals surface area contributed by atoms with Gasteiger partial charge in [-0.25, -0.2) is 0 Å². The Morgan fingerprint density at radius 2 is 1.07 bits per heavy atom. The van der Waals surface area contributed by atoms with E-state index in [0.717, 1.165) is 11.1 Å². The molecule has 0 radical (unpaired) electrons. The molecule has 3 rings (SSSR count). The Morgan fingerprint density at radius 3 is 1.38 bits per heavy atom. The van der Waals surface area contributed by atoms with E-state index in [1.165, 1.54) is 0 Å². The molecule has 0 saturated heterocycles. The Kier molecular flexibility index (Phi) is 7.78. The van der Waals surface area contributed by atoms with Crippen LogP contribution in [0.15, 0.2) is 74.5 Å². The molecular weight excluding hydrogens is 611 g/mol. The zero-order chi connectivity index (χ0) is 21.8. The minimum atomic E-state index is -5.42. The summed E-state index contributed by atoms with van der Waals surface area (Å²) in [7, 11) is 28.7. The molecule has 0 N–H and O–H groups in total. The maximum atomic E-state index is 5.81. The molecule has 0 atom stereocenters. The second-order valence-corrected chi connectivity index (χ2v) is 62.9. The Hall–Kier alpha value is -0.322. The van der Waals surface area contributed by atoms with Crippen molar-refractivity contribution in [3.63, 3.8) is 0 Å². The first kappa shape index (κ1) is 24.9. The Morgan fingerprint density at radius 1 is 0.724 bits per heavy atom. The van der Waals surface area contributed by atoms with Crippen LogP contribution in [0.3, 0.4) is 0 Å². The first-order chi connectivity index (χ1) is 13.2. The standard InChI is InChI=1S/C18H17N2O2.6ClH.Sb/c1-20(2)13-19-18-21-16(14-9-5-3-6-10-14)17(22-18)15-11-7-4-8-12-15;;;;;;;/h3-13H,1-2H3;6*1H;/q+1;;;;;;;+5/p-6. The van der Waals surface area contributed by atoms with Crippen molar-refractivity contribution >= 4 is 68.5 Å². The van der Waals surface area contributed by atoms with Crippen molar-refractivity contribution in [2.45, 2.75) is 0 Å². The summed E-state index contributed by atoms with van der Waals surface area (Å²) >= 11 is 0. The van der Waals surface area contributed by atoms with Gasteiger partial charge in [0, 0.05) is 16.1 Å². The van der Waals surface area contributed by atoms with Gasteiger partial charge in [-0.15, -0.1) is 0 Å². The van der Waals surface area contributed by atoms with Crippen molar-refractivity contribution in [2.75, 3.05) is 14.1 Å². The molecule has 0 aliphatic carbocycles. The van der Waals surface area contributed by atoms with Gasteiger partial charge in [-0.1, -0.05) is 60.7 Å². The predicted molar refractivity (Wildman–Crippen MR) is 126 cm³/mol. The molecule has 158 valence electrons. The molecule has 0 bridgehead atoms. The number of nitrogens with zero attached hydrogens (tertiary/aromatic N) is 2. The number of rotatable bonds is 3. The maximum absolute atomic E-state index is 5.81. The fraction of sp³-hybridized carbons (Fsp3) is 0.111. The van der Waals surface area contributed by atoms with Gasteiger partial charge >= 0.3 is 67.9 Å². The molecular formula is C18H17Cl6N2O2Sb. The molecule has 3 aromatic rings. The van der Waals surface area contributed by atoms with Crippen LogP contribution in [0.4, 0.5) is 0 Å². The van der Waals surface area contributed by atoms with E-state index in [1.807, 2.05) is 79.3 Å². The van der Waals surface area contributed by atoms with Gasteiger partial charge in [0.25, 0.3) is 6.34 Å². The third kappa shape index (κ3) is 11.0. The van der Waals surface area contributed by atoms with E-state index in [0.29, 0.717) is 11.5 Å². The second kappa shape index (κ2) is 9.04. The van der Waals surface area contributed by atoms with Gasteiger partial charge in [0.1, 0.15) is 0 Å². The van der Waals surface area contributed by atoms with Crippen molar-refractivity contribution in [1.82, 2.24) is 0 Å². The molecule has 1 heterocycles. The van der Waals surface area contributed by atoms with Gasteiger partial charge in [0.2, 0.25) is 0 Å². The topological polar surface area (TPSA) is 41.6 Å². The van der Waals surface area contributed by atoms with E-state index >= 15 is 0 Å². The SMILES string of the molecule is C[N+](C)=CN=c1oc(-c2ccccc2)c(-c2ccccc2)o1.[Cl][Sb-]([Cl])([Cl])([Cl])([Cl])[Cl]. The first-order valence-electron chi connectivity index (χ1n) is 8.04. The van der Waals surface area contributed by atoms with Gasteiger partial charge < -0.3 is 8.83 Å². The molecule has 29 heavy (non-hydrogen) atoms. The van der Waals surface area contributed by atoms with Crippen LogP contribution < -0.4 is 5.75 Å². The van der Waals surface area contributed by atoms with Crippen LogP contribution in [0.5, 0.6) is 0 Å². The Labute approximate surface area is 188 Å². The number of halogens is 6. The van der Waals surface area contributed by atoms with E-state index in [-0.39, 0.29) is 5.75 Å². The van der Waals surface area contributed by atoms with Crippen LogP contribution in [0.2, 0.25) is 0 Å². The average molecular weight is 628 g/mol. The normalized spacial score (nSPS) is 13.4. The summed E-state index contributed by atoms with van der Waals surface area (Å²) in [5, 5.41) is 0. The fourth-order valence-electron chi connectivity index (χ4n) is 2.06. The molecule has 0 unspecified atom stereocenters. The van der Waals surface area contributed by atoms with Crippen LogP contribution in [0.1, 0.15) is 0 Å². The van der Waals surface area contributed by atoms with Crippen LogP contribution in [0.25, 0.3) is 22.6 Å². The van der Waals surface area contributed by atoms with Crippen LogP contribution in [0, 0.1) is 0 Å². The molecule has 0 fully saturated rings.